The summed E-state index contributed by atoms with van der Waals surface area (Å²) in [7, 11) is 0. The first-order chi connectivity index (χ1) is 9.13. The SMILES string of the molecule is CCCCCCNC(=S)NC(=O)c1ccc(O)cc1. The molecule has 0 bridgehead atoms. The second kappa shape index (κ2) is 8.48. The van der Waals surface area contributed by atoms with Gasteiger partial charge in [-0.05, 0) is 42.9 Å². The van der Waals surface area contributed by atoms with Crippen molar-refractivity contribution in [2.75, 3.05) is 6.54 Å². The Morgan fingerprint density at radius 2 is 1.89 bits per heavy atom. The number of phenolic OH excluding ortho intramolecular Hbond substituents is 1. The summed E-state index contributed by atoms with van der Waals surface area (Å²) in [6.45, 7) is 2.94. The first-order valence-corrected chi connectivity index (χ1v) is 6.92. The fourth-order valence-corrected chi connectivity index (χ4v) is 1.78. The van der Waals surface area contributed by atoms with Crippen LogP contribution in [0.2, 0.25) is 0 Å². The van der Waals surface area contributed by atoms with E-state index in [1.54, 1.807) is 12.1 Å². The monoisotopic (exact) mass is 280 g/mol. The zero-order valence-corrected chi connectivity index (χ0v) is 11.9. The Kier molecular flexibility index (Phi) is 6.89. The van der Waals surface area contributed by atoms with Crippen molar-refractivity contribution in [1.29, 1.82) is 0 Å². The number of aromatic hydroxyl groups is 1. The minimum Gasteiger partial charge on any atom is -0.508 e. The average molecular weight is 280 g/mol. The van der Waals surface area contributed by atoms with Crippen LogP contribution in [0.5, 0.6) is 5.75 Å². The van der Waals surface area contributed by atoms with Crippen LogP contribution < -0.4 is 10.6 Å². The van der Waals surface area contributed by atoms with E-state index in [1.807, 2.05) is 0 Å². The number of nitrogens with one attached hydrogen (secondary N) is 2. The van der Waals surface area contributed by atoms with Gasteiger partial charge in [0.05, 0.1) is 0 Å². The highest BCUT2D eigenvalue weighted by atomic mass is 32.1. The summed E-state index contributed by atoms with van der Waals surface area (Å²) in [6.07, 6.45) is 4.62. The summed E-state index contributed by atoms with van der Waals surface area (Å²) < 4.78 is 0. The van der Waals surface area contributed by atoms with Crippen LogP contribution in [0.1, 0.15) is 43.0 Å². The molecule has 4 nitrogen and oxygen atoms in total. The first-order valence-electron chi connectivity index (χ1n) is 6.51. The molecule has 0 aromatic heterocycles. The van der Waals surface area contributed by atoms with Crippen molar-refractivity contribution in [2.45, 2.75) is 32.6 Å². The van der Waals surface area contributed by atoms with Crippen LogP contribution in [0.25, 0.3) is 0 Å². The predicted molar refractivity (Wildman–Crippen MR) is 80.3 cm³/mol. The van der Waals surface area contributed by atoms with Gasteiger partial charge in [-0.2, -0.15) is 0 Å². The molecule has 19 heavy (non-hydrogen) atoms. The van der Waals surface area contributed by atoms with Crippen molar-refractivity contribution >= 4 is 23.2 Å². The number of rotatable bonds is 6. The molecule has 1 aromatic rings. The van der Waals surface area contributed by atoms with Gasteiger partial charge in [0.15, 0.2) is 5.11 Å². The molecule has 0 aliphatic rings. The van der Waals surface area contributed by atoms with E-state index in [4.69, 9.17) is 17.3 Å². The lowest BCUT2D eigenvalue weighted by Crippen LogP contribution is -2.39. The maximum Gasteiger partial charge on any atom is 0.257 e. The smallest absolute Gasteiger partial charge is 0.257 e. The number of hydrogen-bond acceptors (Lipinski definition) is 3. The number of hydrogen-bond donors (Lipinski definition) is 3. The highest BCUT2D eigenvalue weighted by molar-refractivity contribution is 7.80. The van der Waals surface area contributed by atoms with E-state index < -0.39 is 0 Å². The molecule has 0 atom stereocenters. The Balaban J connectivity index is 2.28. The molecule has 0 unspecified atom stereocenters. The zero-order valence-electron chi connectivity index (χ0n) is 11.1. The number of amides is 1. The molecule has 104 valence electrons. The maximum atomic E-state index is 11.8. The largest absolute Gasteiger partial charge is 0.508 e. The highest BCUT2D eigenvalue weighted by Crippen LogP contribution is 2.09. The van der Waals surface area contributed by atoms with E-state index >= 15 is 0 Å². The molecule has 1 rings (SSSR count). The minimum absolute atomic E-state index is 0.133. The predicted octanol–water partition coefficient (Wildman–Crippen LogP) is 2.58. The van der Waals surface area contributed by atoms with Crippen molar-refractivity contribution < 1.29 is 9.90 Å². The molecule has 0 spiro atoms. The third-order valence-corrected chi connectivity index (χ3v) is 2.92. The van der Waals surface area contributed by atoms with Crippen molar-refractivity contribution in [2.24, 2.45) is 0 Å². The molecule has 0 aliphatic carbocycles. The number of thiocarbonyl (C=S) groups is 1. The van der Waals surface area contributed by atoms with E-state index in [9.17, 15) is 4.79 Å². The Morgan fingerprint density at radius 3 is 2.53 bits per heavy atom. The standard InChI is InChI=1S/C14H20N2O2S/c1-2-3-4-5-10-15-14(19)16-13(18)11-6-8-12(17)9-7-11/h6-9,17H,2-5,10H2,1H3,(H2,15,16,18,19). The van der Waals surface area contributed by atoms with Crippen LogP contribution >= 0.6 is 12.2 Å². The molecular weight excluding hydrogens is 260 g/mol. The number of unbranched alkanes of at least 4 members (excludes halogenated alkanes) is 3. The van der Waals surface area contributed by atoms with Gasteiger partial charge in [-0.3, -0.25) is 10.1 Å². The quantitative estimate of drug-likeness (QED) is 0.553. The van der Waals surface area contributed by atoms with Crippen molar-refractivity contribution in [1.82, 2.24) is 10.6 Å². The first kappa shape index (κ1) is 15.4. The van der Waals surface area contributed by atoms with Gasteiger partial charge < -0.3 is 10.4 Å². The Morgan fingerprint density at radius 1 is 1.21 bits per heavy atom. The molecule has 0 aliphatic heterocycles. The third-order valence-electron chi connectivity index (χ3n) is 2.67. The highest BCUT2D eigenvalue weighted by Gasteiger charge is 2.06. The molecule has 1 aromatic carbocycles. The number of phenols is 1. The van der Waals surface area contributed by atoms with E-state index in [2.05, 4.69) is 17.6 Å². The summed E-state index contributed by atoms with van der Waals surface area (Å²) in [5.74, 6) is -0.140. The van der Waals surface area contributed by atoms with E-state index in [0.29, 0.717) is 10.7 Å². The number of benzene rings is 1. The van der Waals surface area contributed by atoms with E-state index in [1.165, 1.54) is 25.0 Å². The number of carbonyl (C=O) groups excluding carboxylic acids is 1. The average Bonchev–Trinajstić information content (AvgIpc) is 2.39. The molecule has 0 radical (unpaired) electrons. The molecule has 1 amide bonds. The van der Waals surface area contributed by atoms with Crippen molar-refractivity contribution in [3.8, 4) is 5.75 Å². The summed E-state index contributed by atoms with van der Waals surface area (Å²) in [5.41, 5.74) is 0.466. The second-order valence-corrected chi connectivity index (χ2v) is 4.73. The number of carbonyl (C=O) groups is 1. The van der Waals surface area contributed by atoms with Crippen LogP contribution in [0.4, 0.5) is 0 Å². The lowest BCUT2D eigenvalue weighted by atomic mass is 10.2. The van der Waals surface area contributed by atoms with Gasteiger partial charge in [0, 0.05) is 12.1 Å². The summed E-state index contributed by atoms with van der Waals surface area (Å²) in [6, 6.07) is 6.04. The normalized spacial score (nSPS) is 9.95. The van der Waals surface area contributed by atoms with Gasteiger partial charge in [-0.25, -0.2) is 0 Å². The summed E-state index contributed by atoms with van der Waals surface area (Å²) in [5, 5.41) is 15.1. The van der Waals surface area contributed by atoms with Crippen LogP contribution in [-0.2, 0) is 0 Å². The fourth-order valence-electron chi connectivity index (χ4n) is 1.59. The van der Waals surface area contributed by atoms with Gasteiger partial charge >= 0.3 is 0 Å². The fraction of sp³-hybridized carbons (Fsp3) is 0.429. The lowest BCUT2D eigenvalue weighted by molar-refractivity contribution is 0.0976. The van der Waals surface area contributed by atoms with E-state index in [-0.39, 0.29) is 11.7 Å². The molecule has 0 heterocycles. The third kappa shape index (κ3) is 6.20. The van der Waals surface area contributed by atoms with Gasteiger partial charge in [0.2, 0.25) is 0 Å². The van der Waals surface area contributed by atoms with Crippen molar-refractivity contribution in [3.63, 3.8) is 0 Å². The molecular formula is C14H20N2O2S. The van der Waals surface area contributed by atoms with Crippen LogP contribution in [0.3, 0.4) is 0 Å². The van der Waals surface area contributed by atoms with Gasteiger partial charge in [0.1, 0.15) is 5.75 Å². The Hall–Kier alpha value is -1.62. The van der Waals surface area contributed by atoms with Gasteiger partial charge in [0.25, 0.3) is 5.91 Å². The molecule has 3 N–H and O–H groups in total. The maximum absolute atomic E-state index is 11.8. The van der Waals surface area contributed by atoms with Crippen molar-refractivity contribution in [3.05, 3.63) is 29.8 Å². The topological polar surface area (TPSA) is 61.4 Å². The second-order valence-electron chi connectivity index (χ2n) is 4.32. The molecule has 0 saturated heterocycles. The summed E-state index contributed by atoms with van der Waals surface area (Å²) >= 11 is 5.04. The van der Waals surface area contributed by atoms with Crippen LogP contribution in [0.15, 0.2) is 24.3 Å². The Bertz CT molecular complexity index is 418. The molecule has 5 heteroatoms. The van der Waals surface area contributed by atoms with Gasteiger partial charge in [-0.1, -0.05) is 26.2 Å². The summed E-state index contributed by atoms with van der Waals surface area (Å²) in [4.78, 5) is 11.8. The van der Waals surface area contributed by atoms with Crippen LogP contribution in [0, 0.1) is 0 Å². The van der Waals surface area contributed by atoms with Gasteiger partial charge in [-0.15, -0.1) is 0 Å². The van der Waals surface area contributed by atoms with Crippen LogP contribution in [-0.4, -0.2) is 22.7 Å². The Labute approximate surface area is 119 Å². The lowest BCUT2D eigenvalue weighted by Gasteiger charge is -2.09. The van der Waals surface area contributed by atoms with E-state index in [0.717, 1.165) is 19.4 Å². The zero-order chi connectivity index (χ0) is 14.1. The molecule has 0 saturated carbocycles. The minimum atomic E-state index is -0.272. The molecule has 0 fully saturated rings.